The van der Waals surface area contributed by atoms with Gasteiger partial charge in [-0.3, -0.25) is 4.79 Å². The Bertz CT molecular complexity index is 349. The molecule has 3 N–H and O–H groups in total. The summed E-state index contributed by atoms with van der Waals surface area (Å²) in [5.74, 6) is -0.784. The molecule has 0 aliphatic rings. The highest BCUT2D eigenvalue weighted by molar-refractivity contribution is 7.90. The smallest absolute Gasteiger partial charge is 0.325 e. The maximum absolute atomic E-state index is 11.7. The quantitative estimate of drug-likeness (QED) is 0.631. The van der Waals surface area contributed by atoms with Crippen molar-refractivity contribution in [2.75, 3.05) is 13.7 Å². The van der Waals surface area contributed by atoms with Crippen LogP contribution in [0, 0.1) is 0 Å². The van der Waals surface area contributed by atoms with Crippen LogP contribution in [0.5, 0.6) is 0 Å². The standard InChI is InChI=1S/C10H22N2O4S/c1-5-10(11,6-2)7-12-17(14,15)8(3)9(13)16-4/h8,12H,5-7,11H2,1-4H3. The van der Waals surface area contributed by atoms with Gasteiger partial charge in [0.15, 0.2) is 5.25 Å². The van der Waals surface area contributed by atoms with Gasteiger partial charge in [-0.25, -0.2) is 13.1 Å². The summed E-state index contributed by atoms with van der Waals surface area (Å²) < 4.78 is 30.2. The molecule has 0 aliphatic carbocycles. The Hall–Kier alpha value is -0.660. The molecule has 7 heteroatoms. The number of hydrogen-bond acceptors (Lipinski definition) is 5. The van der Waals surface area contributed by atoms with Crippen LogP contribution in [0.2, 0.25) is 0 Å². The molecule has 0 heterocycles. The van der Waals surface area contributed by atoms with Crippen LogP contribution < -0.4 is 10.5 Å². The second-order valence-electron chi connectivity index (χ2n) is 4.10. The minimum Gasteiger partial charge on any atom is -0.468 e. The van der Waals surface area contributed by atoms with E-state index in [0.717, 1.165) is 7.11 Å². The molecule has 0 fully saturated rings. The predicted octanol–water partition coefficient (Wildman–Crippen LogP) is -0.0152. The Balaban J connectivity index is 4.63. The largest absolute Gasteiger partial charge is 0.468 e. The van der Waals surface area contributed by atoms with E-state index in [1.807, 2.05) is 13.8 Å². The lowest BCUT2D eigenvalue weighted by molar-refractivity contribution is -0.139. The number of nitrogens with one attached hydrogen (secondary N) is 1. The lowest BCUT2D eigenvalue weighted by atomic mass is 9.95. The average molecular weight is 266 g/mol. The summed E-state index contributed by atoms with van der Waals surface area (Å²) in [6.07, 6.45) is 1.30. The molecule has 0 saturated carbocycles. The SMILES string of the molecule is CCC(N)(CC)CNS(=O)(=O)C(C)C(=O)OC. The zero-order chi connectivity index (χ0) is 13.7. The normalized spacial score (nSPS) is 14.4. The van der Waals surface area contributed by atoms with Gasteiger partial charge in [-0.15, -0.1) is 0 Å². The molecule has 17 heavy (non-hydrogen) atoms. The van der Waals surface area contributed by atoms with Crippen molar-refractivity contribution in [3.05, 3.63) is 0 Å². The third kappa shape index (κ3) is 4.61. The molecule has 0 spiro atoms. The molecule has 0 aromatic rings. The number of nitrogens with two attached hydrogens (primary N) is 1. The van der Waals surface area contributed by atoms with E-state index < -0.39 is 26.8 Å². The van der Waals surface area contributed by atoms with E-state index in [2.05, 4.69) is 9.46 Å². The van der Waals surface area contributed by atoms with E-state index in [-0.39, 0.29) is 6.54 Å². The number of hydrogen-bond donors (Lipinski definition) is 2. The molecule has 0 aliphatic heterocycles. The Morgan fingerprint density at radius 2 is 1.88 bits per heavy atom. The van der Waals surface area contributed by atoms with E-state index in [0.29, 0.717) is 12.8 Å². The van der Waals surface area contributed by atoms with Gasteiger partial charge in [0, 0.05) is 12.1 Å². The van der Waals surface area contributed by atoms with E-state index in [1.54, 1.807) is 0 Å². The highest BCUT2D eigenvalue weighted by atomic mass is 32.2. The summed E-state index contributed by atoms with van der Waals surface area (Å²) in [6.45, 7) is 5.18. The van der Waals surface area contributed by atoms with Gasteiger partial charge >= 0.3 is 5.97 Å². The first-order chi connectivity index (χ1) is 7.72. The topological polar surface area (TPSA) is 98.5 Å². The Kier molecular flexibility index (Phi) is 6.08. The average Bonchev–Trinajstić information content (AvgIpc) is 2.34. The molecule has 0 rings (SSSR count). The molecule has 6 nitrogen and oxygen atoms in total. The number of carbonyl (C=O) groups excluding carboxylic acids is 1. The van der Waals surface area contributed by atoms with Crippen molar-refractivity contribution in [2.45, 2.75) is 44.4 Å². The highest BCUT2D eigenvalue weighted by Gasteiger charge is 2.31. The minimum atomic E-state index is -3.73. The van der Waals surface area contributed by atoms with Crippen molar-refractivity contribution in [3.63, 3.8) is 0 Å². The highest BCUT2D eigenvalue weighted by Crippen LogP contribution is 2.11. The molecule has 1 atom stereocenters. The summed E-state index contributed by atoms with van der Waals surface area (Å²) in [6, 6.07) is 0. The van der Waals surface area contributed by atoms with Crippen LogP contribution in [0.4, 0.5) is 0 Å². The Morgan fingerprint density at radius 3 is 2.24 bits per heavy atom. The monoisotopic (exact) mass is 266 g/mol. The summed E-state index contributed by atoms with van der Waals surface area (Å²) in [5.41, 5.74) is 5.39. The van der Waals surface area contributed by atoms with Gasteiger partial charge in [0.2, 0.25) is 10.0 Å². The molecule has 1 unspecified atom stereocenters. The predicted molar refractivity (Wildman–Crippen MR) is 65.9 cm³/mol. The van der Waals surface area contributed by atoms with Gasteiger partial charge in [0.25, 0.3) is 0 Å². The van der Waals surface area contributed by atoms with E-state index in [4.69, 9.17) is 5.73 Å². The maximum Gasteiger partial charge on any atom is 0.325 e. The Labute approximate surface area is 103 Å². The van der Waals surface area contributed by atoms with Crippen LogP contribution in [0.25, 0.3) is 0 Å². The van der Waals surface area contributed by atoms with E-state index >= 15 is 0 Å². The van der Waals surface area contributed by atoms with Crippen LogP contribution in [0.15, 0.2) is 0 Å². The van der Waals surface area contributed by atoms with Gasteiger partial charge in [-0.1, -0.05) is 13.8 Å². The van der Waals surface area contributed by atoms with Gasteiger partial charge < -0.3 is 10.5 Å². The van der Waals surface area contributed by atoms with Crippen molar-refractivity contribution in [1.82, 2.24) is 4.72 Å². The summed E-state index contributed by atoms with van der Waals surface area (Å²) in [5, 5.41) is -1.23. The summed E-state index contributed by atoms with van der Waals surface area (Å²) in [7, 11) is -2.58. The minimum absolute atomic E-state index is 0.115. The van der Waals surface area contributed by atoms with Crippen LogP contribution in [-0.4, -0.2) is 38.8 Å². The van der Waals surface area contributed by atoms with Gasteiger partial charge in [-0.2, -0.15) is 0 Å². The zero-order valence-corrected chi connectivity index (χ0v) is 11.6. The van der Waals surface area contributed by atoms with Crippen molar-refractivity contribution in [3.8, 4) is 0 Å². The second kappa shape index (κ2) is 6.32. The Morgan fingerprint density at radius 1 is 1.41 bits per heavy atom. The molecule has 0 amide bonds. The van der Waals surface area contributed by atoms with Crippen molar-refractivity contribution >= 4 is 16.0 Å². The number of methoxy groups -OCH3 is 1. The fourth-order valence-corrected chi connectivity index (χ4v) is 2.25. The maximum atomic E-state index is 11.7. The van der Waals surface area contributed by atoms with Gasteiger partial charge in [-0.05, 0) is 19.8 Å². The first kappa shape index (κ1) is 16.3. The molecule has 0 aromatic heterocycles. The van der Waals surface area contributed by atoms with E-state index in [9.17, 15) is 13.2 Å². The molecule has 0 radical (unpaired) electrons. The van der Waals surface area contributed by atoms with Crippen molar-refractivity contribution in [1.29, 1.82) is 0 Å². The number of rotatable bonds is 7. The fraction of sp³-hybridized carbons (Fsp3) is 0.900. The number of carbonyl (C=O) groups is 1. The first-order valence-electron chi connectivity index (χ1n) is 5.57. The third-order valence-corrected chi connectivity index (χ3v) is 4.70. The second-order valence-corrected chi connectivity index (χ2v) is 6.19. The molecular formula is C10H22N2O4S. The lowest BCUT2D eigenvalue weighted by Gasteiger charge is -2.27. The van der Waals surface area contributed by atoms with Crippen molar-refractivity contribution in [2.24, 2.45) is 5.73 Å². The molecular weight excluding hydrogens is 244 g/mol. The van der Waals surface area contributed by atoms with Crippen LogP contribution in [0.1, 0.15) is 33.6 Å². The van der Waals surface area contributed by atoms with Crippen LogP contribution in [-0.2, 0) is 19.6 Å². The molecule has 0 bridgehead atoms. The molecule has 0 aromatic carbocycles. The third-order valence-electron chi connectivity index (χ3n) is 3.03. The van der Waals surface area contributed by atoms with Crippen LogP contribution in [0.3, 0.4) is 0 Å². The first-order valence-corrected chi connectivity index (χ1v) is 7.12. The fourth-order valence-electron chi connectivity index (χ4n) is 1.16. The van der Waals surface area contributed by atoms with Gasteiger partial charge in [0.1, 0.15) is 0 Å². The molecule has 0 saturated heterocycles. The summed E-state index contributed by atoms with van der Waals surface area (Å²) >= 11 is 0. The van der Waals surface area contributed by atoms with Crippen LogP contribution >= 0.6 is 0 Å². The lowest BCUT2D eigenvalue weighted by Crippen LogP contribution is -2.51. The van der Waals surface area contributed by atoms with E-state index in [1.165, 1.54) is 6.92 Å². The number of esters is 1. The number of sulfonamides is 1. The zero-order valence-electron chi connectivity index (χ0n) is 10.8. The van der Waals surface area contributed by atoms with Gasteiger partial charge in [0.05, 0.1) is 7.11 Å². The van der Waals surface area contributed by atoms with Crippen molar-refractivity contribution < 1.29 is 17.9 Å². The number of ether oxygens (including phenoxy) is 1. The molecule has 102 valence electrons. The summed E-state index contributed by atoms with van der Waals surface area (Å²) in [4.78, 5) is 11.1.